The molecule has 0 spiro atoms. The molecule has 0 amide bonds. The molecule has 2 nitrogen and oxygen atoms in total. The Kier molecular flexibility index (Phi) is 3.24. The highest BCUT2D eigenvalue weighted by Gasteiger charge is 2.55. The summed E-state index contributed by atoms with van der Waals surface area (Å²) >= 11 is 0. The third kappa shape index (κ3) is 2.28. The molecule has 17 heavy (non-hydrogen) atoms. The van der Waals surface area contributed by atoms with E-state index in [-0.39, 0.29) is 0 Å². The van der Waals surface area contributed by atoms with Gasteiger partial charge in [0.15, 0.2) is 0 Å². The van der Waals surface area contributed by atoms with Crippen LogP contribution >= 0.6 is 0 Å². The molecule has 1 aromatic heterocycles. The number of nitrogens with one attached hydrogen (secondary N) is 1. The lowest BCUT2D eigenvalue weighted by Crippen LogP contribution is -2.35. The van der Waals surface area contributed by atoms with Crippen molar-refractivity contribution in [3.05, 3.63) is 24.2 Å². The lowest BCUT2D eigenvalue weighted by molar-refractivity contribution is 0.402. The van der Waals surface area contributed by atoms with E-state index in [1.54, 1.807) is 6.26 Å². The van der Waals surface area contributed by atoms with Gasteiger partial charge in [-0.2, -0.15) is 0 Å². The topological polar surface area (TPSA) is 25.2 Å². The maximum atomic E-state index is 5.19. The minimum absolute atomic E-state index is 0.683. The first-order chi connectivity index (χ1) is 8.40. The van der Waals surface area contributed by atoms with Crippen molar-refractivity contribution < 1.29 is 4.42 Å². The van der Waals surface area contributed by atoms with E-state index in [0.29, 0.717) is 6.04 Å². The molecule has 3 unspecified atom stereocenters. The standard InChI is InChI=1S/C15H23NO/c1-2-7-16-14(9-11-6-8-17-10-11)15-12-4-3-5-13(12)15/h6,8,10,12-16H,2-5,7,9H2,1H3. The minimum atomic E-state index is 0.683. The molecular formula is C15H23NO. The quantitative estimate of drug-likeness (QED) is 0.816. The van der Waals surface area contributed by atoms with Crippen LogP contribution in [0.2, 0.25) is 0 Å². The van der Waals surface area contributed by atoms with Crippen LogP contribution in [0.4, 0.5) is 0 Å². The van der Waals surface area contributed by atoms with Crippen LogP contribution in [0.25, 0.3) is 0 Å². The van der Waals surface area contributed by atoms with Crippen LogP contribution in [0, 0.1) is 17.8 Å². The Bertz CT molecular complexity index is 336. The van der Waals surface area contributed by atoms with Gasteiger partial charge in [-0.1, -0.05) is 13.3 Å². The van der Waals surface area contributed by atoms with Crippen LogP contribution in [-0.4, -0.2) is 12.6 Å². The molecule has 94 valence electrons. The fourth-order valence-electron chi connectivity index (χ4n) is 3.81. The Hall–Kier alpha value is -0.760. The van der Waals surface area contributed by atoms with Gasteiger partial charge < -0.3 is 9.73 Å². The molecule has 3 rings (SSSR count). The molecule has 2 aliphatic carbocycles. The maximum Gasteiger partial charge on any atom is 0.0935 e. The largest absolute Gasteiger partial charge is 0.472 e. The number of hydrogen-bond donors (Lipinski definition) is 1. The lowest BCUT2D eigenvalue weighted by Gasteiger charge is -2.19. The zero-order chi connectivity index (χ0) is 11.7. The third-order valence-corrected chi connectivity index (χ3v) is 4.63. The van der Waals surface area contributed by atoms with Gasteiger partial charge in [-0.3, -0.25) is 0 Å². The highest BCUT2D eigenvalue weighted by Crippen LogP contribution is 2.59. The van der Waals surface area contributed by atoms with E-state index in [2.05, 4.69) is 18.3 Å². The van der Waals surface area contributed by atoms with Gasteiger partial charge in [0.2, 0.25) is 0 Å². The van der Waals surface area contributed by atoms with E-state index in [4.69, 9.17) is 4.42 Å². The van der Waals surface area contributed by atoms with Crippen molar-refractivity contribution in [3.63, 3.8) is 0 Å². The molecule has 0 bridgehead atoms. The normalized spacial score (nSPS) is 32.4. The summed E-state index contributed by atoms with van der Waals surface area (Å²) in [6, 6.07) is 2.79. The molecule has 3 atom stereocenters. The predicted molar refractivity (Wildman–Crippen MR) is 68.8 cm³/mol. The Morgan fingerprint density at radius 2 is 2.24 bits per heavy atom. The minimum Gasteiger partial charge on any atom is -0.472 e. The van der Waals surface area contributed by atoms with Crippen LogP contribution in [0.3, 0.4) is 0 Å². The van der Waals surface area contributed by atoms with Gasteiger partial charge in [-0.25, -0.2) is 0 Å². The number of hydrogen-bond acceptors (Lipinski definition) is 2. The zero-order valence-corrected chi connectivity index (χ0v) is 10.7. The SMILES string of the molecule is CCCNC(Cc1ccoc1)C1C2CCCC21. The average molecular weight is 233 g/mol. The Morgan fingerprint density at radius 3 is 2.88 bits per heavy atom. The highest BCUT2D eigenvalue weighted by atomic mass is 16.3. The number of furan rings is 1. The van der Waals surface area contributed by atoms with Crippen molar-refractivity contribution in [1.29, 1.82) is 0 Å². The Balaban J connectivity index is 1.61. The molecule has 0 aromatic carbocycles. The summed E-state index contributed by atoms with van der Waals surface area (Å²) in [7, 11) is 0. The number of rotatable bonds is 6. The highest BCUT2D eigenvalue weighted by molar-refractivity contribution is 5.13. The van der Waals surface area contributed by atoms with E-state index in [9.17, 15) is 0 Å². The van der Waals surface area contributed by atoms with Crippen LogP contribution in [0.1, 0.15) is 38.2 Å². The first-order valence-corrected chi connectivity index (χ1v) is 7.14. The van der Waals surface area contributed by atoms with Crippen molar-refractivity contribution in [2.75, 3.05) is 6.54 Å². The fraction of sp³-hybridized carbons (Fsp3) is 0.733. The monoisotopic (exact) mass is 233 g/mol. The second-order valence-electron chi connectivity index (χ2n) is 5.73. The van der Waals surface area contributed by atoms with E-state index in [1.807, 2.05) is 6.26 Å². The van der Waals surface area contributed by atoms with Crippen LogP contribution in [0.15, 0.2) is 23.0 Å². The Labute approximate surface area is 104 Å². The van der Waals surface area contributed by atoms with Crippen LogP contribution < -0.4 is 5.32 Å². The van der Waals surface area contributed by atoms with E-state index in [0.717, 1.165) is 30.7 Å². The van der Waals surface area contributed by atoms with Gasteiger partial charge in [0, 0.05) is 6.04 Å². The fourth-order valence-corrected chi connectivity index (χ4v) is 3.81. The van der Waals surface area contributed by atoms with Crippen molar-refractivity contribution in [2.45, 2.75) is 45.1 Å². The summed E-state index contributed by atoms with van der Waals surface area (Å²) in [6.45, 7) is 3.40. The summed E-state index contributed by atoms with van der Waals surface area (Å²) < 4.78 is 5.19. The maximum absolute atomic E-state index is 5.19. The molecule has 2 saturated carbocycles. The Morgan fingerprint density at radius 1 is 1.41 bits per heavy atom. The van der Waals surface area contributed by atoms with Gasteiger partial charge in [0.1, 0.15) is 0 Å². The van der Waals surface area contributed by atoms with Crippen molar-refractivity contribution in [1.82, 2.24) is 5.32 Å². The van der Waals surface area contributed by atoms with Gasteiger partial charge in [0.05, 0.1) is 12.5 Å². The number of fused-ring (bicyclic) bond motifs is 1. The summed E-state index contributed by atoms with van der Waals surface area (Å²) in [6.07, 6.45) is 10.5. The van der Waals surface area contributed by atoms with Gasteiger partial charge in [-0.15, -0.1) is 0 Å². The van der Waals surface area contributed by atoms with Crippen molar-refractivity contribution >= 4 is 0 Å². The van der Waals surface area contributed by atoms with E-state index < -0.39 is 0 Å². The molecule has 1 N–H and O–H groups in total. The predicted octanol–water partition coefficient (Wildman–Crippen LogP) is 3.24. The van der Waals surface area contributed by atoms with Gasteiger partial charge in [0.25, 0.3) is 0 Å². The third-order valence-electron chi connectivity index (χ3n) is 4.63. The summed E-state index contributed by atoms with van der Waals surface area (Å²) in [5, 5.41) is 3.76. The molecular weight excluding hydrogens is 210 g/mol. The smallest absolute Gasteiger partial charge is 0.0935 e. The summed E-state index contributed by atoms with van der Waals surface area (Å²) in [4.78, 5) is 0. The molecule has 1 aromatic rings. The molecule has 0 aliphatic heterocycles. The van der Waals surface area contributed by atoms with E-state index in [1.165, 1.54) is 31.2 Å². The first-order valence-electron chi connectivity index (χ1n) is 7.14. The molecule has 2 aliphatic rings. The molecule has 1 heterocycles. The second kappa shape index (κ2) is 4.85. The van der Waals surface area contributed by atoms with Crippen molar-refractivity contribution in [2.24, 2.45) is 17.8 Å². The molecule has 0 saturated heterocycles. The van der Waals surface area contributed by atoms with Gasteiger partial charge in [-0.05, 0) is 61.6 Å². The summed E-state index contributed by atoms with van der Waals surface area (Å²) in [5.74, 6) is 3.03. The lowest BCUT2D eigenvalue weighted by atomic mass is 9.98. The molecule has 2 heteroatoms. The average Bonchev–Trinajstić information content (AvgIpc) is 2.81. The molecule has 2 fully saturated rings. The van der Waals surface area contributed by atoms with E-state index >= 15 is 0 Å². The van der Waals surface area contributed by atoms with Crippen LogP contribution in [0.5, 0.6) is 0 Å². The van der Waals surface area contributed by atoms with Crippen LogP contribution in [-0.2, 0) is 6.42 Å². The second-order valence-corrected chi connectivity index (χ2v) is 5.73. The first kappa shape index (κ1) is 11.3. The zero-order valence-electron chi connectivity index (χ0n) is 10.7. The van der Waals surface area contributed by atoms with Gasteiger partial charge >= 0.3 is 0 Å². The van der Waals surface area contributed by atoms with Crippen molar-refractivity contribution in [3.8, 4) is 0 Å². The molecule has 0 radical (unpaired) electrons. The summed E-state index contributed by atoms with van der Waals surface area (Å²) in [5.41, 5.74) is 1.35.